The third-order valence-corrected chi connectivity index (χ3v) is 6.30. The molecular formula is C21H23ClF4N6O2. The minimum absolute atomic E-state index is 0.0119. The normalized spacial score (nSPS) is 23.8. The number of likely N-dealkylation sites (tertiary alicyclic amines) is 1. The predicted molar refractivity (Wildman–Crippen MR) is 118 cm³/mol. The molecule has 1 unspecified atom stereocenters. The van der Waals surface area contributed by atoms with Crippen molar-refractivity contribution in [3.8, 4) is 0 Å². The summed E-state index contributed by atoms with van der Waals surface area (Å²) in [6, 6.07) is 1.57. The maximum Gasteiger partial charge on any atom is 0.416 e. The summed E-state index contributed by atoms with van der Waals surface area (Å²) >= 11 is 5.85. The molecular weight excluding hydrogens is 480 g/mol. The summed E-state index contributed by atoms with van der Waals surface area (Å²) in [5.41, 5.74) is 4.69. The lowest BCUT2D eigenvalue weighted by Crippen LogP contribution is -2.61. The molecule has 1 amide bonds. The molecule has 1 aromatic heterocycles. The van der Waals surface area contributed by atoms with Crippen molar-refractivity contribution < 1.29 is 27.5 Å². The molecule has 184 valence electrons. The summed E-state index contributed by atoms with van der Waals surface area (Å²) < 4.78 is 53.9. The van der Waals surface area contributed by atoms with Crippen LogP contribution < -0.4 is 16.0 Å². The number of rotatable bonds is 4. The summed E-state index contributed by atoms with van der Waals surface area (Å²) in [5.74, 6) is -1.45. The van der Waals surface area contributed by atoms with Gasteiger partial charge in [0.05, 0.1) is 17.7 Å². The second-order valence-electron chi connectivity index (χ2n) is 8.36. The van der Waals surface area contributed by atoms with Crippen LogP contribution in [0.15, 0.2) is 24.5 Å². The molecule has 13 heteroatoms. The van der Waals surface area contributed by atoms with E-state index in [2.05, 4.69) is 15.3 Å². The number of nitrogen functional groups attached to an aromatic ring is 1. The molecule has 2 aliphatic rings. The molecule has 8 nitrogen and oxygen atoms in total. The Labute approximate surface area is 197 Å². The number of hydrogen-bond acceptors (Lipinski definition) is 7. The minimum atomic E-state index is -4.58. The molecule has 4 rings (SSSR count). The van der Waals surface area contributed by atoms with Crippen molar-refractivity contribution in [2.24, 2.45) is 0 Å². The number of hydrogen-bond donors (Lipinski definition) is 3. The summed E-state index contributed by atoms with van der Waals surface area (Å²) in [5, 5.41) is 13.4. The third-order valence-electron chi connectivity index (χ3n) is 6.08. The summed E-state index contributed by atoms with van der Waals surface area (Å²) in [6.07, 6.45) is -3.08. The quantitative estimate of drug-likeness (QED) is 0.552. The standard InChI is InChI=1S/C21H23ClF4N6O2/c22-12-6-11(21(24,25)26)7-13(8-12)30-14-2-1-4-32(20(14)34)15-9-31(5-3-16(15)33)19-17(23)18(27)28-10-29-19/h6-8,10,14-16,30,33H,1-5,9H2,(H2,27,28,29)/t14?,15-,16-/m0/s1. The van der Waals surface area contributed by atoms with Gasteiger partial charge in [-0.2, -0.15) is 17.6 Å². The summed E-state index contributed by atoms with van der Waals surface area (Å²) in [4.78, 5) is 23.9. The smallest absolute Gasteiger partial charge is 0.391 e. The number of halogens is 5. The molecule has 2 aliphatic heterocycles. The molecule has 0 saturated carbocycles. The number of amides is 1. The molecule has 0 bridgehead atoms. The van der Waals surface area contributed by atoms with Crippen LogP contribution in [0.5, 0.6) is 0 Å². The Hall–Kier alpha value is -2.86. The number of benzene rings is 1. The van der Waals surface area contributed by atoms with Crippen molar-refractivity contribution in [3.05, 3.63) is 40.9 Å². The first-order valence-corrected chi connectivity index (χ1v) is 11.1. The lowest BCUT2D eigenvalue weighted by molar-refractivity contribution is -0.140. The van der Waals surface area contributed by atoms with Crippen LogP contribution in [-0.2, 0) is 11.0 Å². The van der Waals surface area contributed by atoms with Crippen LogP contribution in [0.3, 0.4) is 0 Å². The number of aliphatic hydroxyl groups excluding tert-OH is 1. The number of nitrogens with one attached hydrogen (secondary N) is 1. The van der Waals surface area contributed by atoms with Crippen LogP contribution >= 0.6 is 11.6 Å². The van der Waals surface area contributed by atoms with Gasteiger partial charge in [-0.05, 0) is 37.5 Å². The minimum Gasteiger partial charge on any atom is -0.391 e. The number of nitrogens with two attached hydrogens (primary N) is 1. The number of alkyl halides is 3. The van der Waals surface area contributed by atoms with Gasteiger partial charge < -0.3 is 26.0 Å². The molecule has 3 atom stereocenters. The van der Waals surface area contributed by atoms with Crippen LogP contribution in [0.25, 0.3) is 0 Å². The van der Waals surface area contributed by atoms with E-state index in [1.165, 1.54) is 11.0 Å². The number of nitrogens with zero attached hydrogens (tertiary/aromatic N) is 4. The molecule has 2 aromatic rings. The van der Waals surface area contributed by atoms with Crippen LogP contribution in [0.2, 0.25) is 5.02 Å². The molecule has 2 saturated heterocycles. The van der Waals surface area contributed by atoms with Gasteiger partial charge in [0.15, 0.2) is 11.6 Å². The molecule has 3 heterocycles. The number of aromatic nitrogens is 2. The fraction of sp³-hybridized carbons (Fsp3) is 0.476. The van der Waals surface area contributed by atoms with E-state index in [0.717, 1.165) is 18.5 Å². The Morgan fingerprint density at radius 1 is 1.18 bits per heavy atom. The van der Waals surface area contributed by atoms with Crippen LogP contribution in [0, 0.1) is 5.82 Å². The molecule has 34 heavy (non-hydrogen) atoms. The van der Waals surface area contributed by atoms with E-state index in [0.29, 0.717) is 25.9 Å². The van der Waals surface area contributed by atoms with Crippen molar-refractivity contribution in [1.82, 2.24) is 14.9 Å². The Morgan fingerprint density at radius 2 is 1.94 bits per heavy atom. The van der Waals surface area contributed by atoms with Gasteiger partial charge in [-0.15, -0.1) is 0 Å². The Balaban J connectivity index is 1.52. The average Bonchev–Trinajstić information content (AvgIpc) is 2.77. The van der Waals surface area contributed by atoms with E-state index in [9.17, 15) is 27.5 Å². The fourth-order valence-electron chi connectivity index (χ4n) is 4.41. The van der Waals surface area contributed by atoms with Crippen LogP contribution in [0.1, 0.15) is 24.8 Å². The van der Waals surface area contributed by atoms with Crippen molar-refractivity contribution in [1.29, 1.82) is 0 Å². The first-order chi connectivity index (χ1) is 16.0. The molecule has 0 aliphatic carbocycles. The third kappa shape index (κ3) is 4.97. The predicted octanol–water partition coefficient (Wildman–Crippen LogP) is 2.91. The summed E-state index contributed by atoms with van der Waals surface area (Å²) in [7, 11) is 0. The number of carbonyl (C=O) groups is 1. The van der Waals surface area contributed by atoms with E-state index in [4.69, 9.17) is 17.3 Å². The zero-order valence-electron chi connectivity index (χ0n) is 17.9. The zero-order valence-corrected chi connectivity index (χ0v) is 18.7. The first kappa shape index (κ1) is 24.3. The average molecular weight is 503 g/mol. The molecule has 4 N–H and O–H groups in total. The van der Waals surface area contributed by atoms with Gasteiger partial charge in [0.25, 0.3) is 0 Å². The molecule has 2 fully saturated rings. The molecule has 1 aromatic carbocycles. The number of anilines is 3. The highest BCUT2D eigenvalue weighted by Crippen LogP contribution is 2.34. The van der Waals surface area contributed by atoms with Crippen LogP contribution in [0.4, 0.5) is 34.9 Å². The van der Waals surface area contributed by atoms with Gasteiger partial charge in [0.2, 0.25) is 11.7 Å². The van der Waals surface area contributed by atoms with Gasteiger partial charge in [-0.1, -0.05) is 11.6 Å². The second-order valence-corrected chi connectivity index (χ2v) is 8.80. The van der Waals surface area contributed by atoms with Crippen molar-refractivity contribution >= 4 is 34.8 Å². The largest absolute Gasteiger partial charge is 0.416 e. The maximum absolute atomic E-state index is 14.4. The maximum atomic E-state index is 14.4. The van der Waals surface area contributed by atoms with E-state index in [1.807, 2.05) is 0 Å². The van der Waals surface area contributed by atoms with Crippen molar-refractivity contribution in [3.63, 3.8) is 0 Å². The Bertz CT molecular complexity index is 1070. The highest BCUT2D eigenvalue weighted by Gasteiger charge is 2.40. The van der Waals surface area contributed by atoms with Crippen LogP contribution in [-0.4, -0.2) is 63.7 Å². The number of carbonyl (C=O) groups excluding carboxylic acids is 1. The Kier molecular flexibility index (Phi) is 6.72. The van der Waals surface area contributed by atoms with Gasteiger partial charge in [-0.25, -0.2) is 9.97 Å². The topological polar surface area (TPSA) is 108 Å². The number of aliphatic hydroxyl groups is 1. The molecule has 0 spiro atoms. The van der Waals surface area contributed by atoms with Gasteiger partial charge in [-0.3, -0.25) is 4.79 Å². The second kappa shape index (κ2) is 9.41. The molecule has 0 radical (unpaired) electrons. The van der Waals surface area contributed by atoms with Crippen molar-refractivity contribution in [2.75, 3.05) is 35.6 Å². The van der Waals surface area contributed by atoms with E-state index < -0.39 is 35.7 Å². The van der Waals surface area contributed by atoms with E-state index >= 15 is 0 Å². The van der Waals surface area contributed by atoms with E-state index in [1.54, 1.807) is 4.90 Å². The number of piperidine rings is 2. The van der Waals surface area contributed by atoms with Gasteiger partial charge >= 0.3 is 6.18 Å². The summed E-state index contributed by atoms with van der Waals surface area (Å²) in [6.45, 7) is 0.768. The highest BCUT2D eigenvalue weighted by atomic mass is 35.5. The highest BCUT2D eigenvalue weighted by molar-refractivity contribution is 6.31. The lowest BCUT2D eigenvalue weighted by Gasteiger charge is -2.45. The van der Waals surface area contributed by atoms with Gasteiger partial charge in [0.1, 0.15) is 12.4 Å². The lowest BCUT2D eigenvalue weighted by atomic mass is 9.95. The van der Waals surface area contributed by atoms with Crippen molar-refractivity contribution in [2.45, 2.75) is 43.6 Å². The monoisotopic (exact) mass is 502 g/mol. The Morgan fingerprint density at radius 3 is 2.68 bits per heavy atom. The first-order valence-electron chi connectivity index (χ1n) is 10.7. The van der Waals surface area contributed by atoms with E-state index in [-0.39, 0.29) is 41.2 Å². The van der Waals surface area contributed by atoms with Gasteiger partial charge in [0, 0.05) is 30.3 Å². The zero-order chi connectivity index (χ0) is 24.6. The fourth-order valence-corrected chi connectivity index (χ4v) is 4.65. The SMILES string of the molecule is Nc1ncnc(N2CC[C@H](O)[C@@H](N3CCCC(Nc4cc(Cl)cc(C(F)(F)F)c4)C3=O)C2)c1F.